The number of hydrogen-bond acceptors (Lipinski definition) is 1. The van der Waals surface area contributed by atoms with E-state index in [1.165, 1.54) is 22.5 Å². The molecule has 0 aliphatic carbocycles. The van der Waals surface area contributed by atoms with Crippen molar-refractivity contribution in [1.29, 1.82) is 0 Å². The molecule has 0 saturated carbocycles. The predicted molar refractivity (Wildman–Crippen MR) is 57.8 cm³/mol. The standard InChI is InChI=1S/C13H10N.Y/c1-3-7-12-10(5-1)9-11-6-2-4-8-13(11)14-12;/h1,3-8,14H,9H2;/q-1;+3. The largest absolute Gasteiger partial charge is 3.00 e. The van der Waals surface area contributed by atoms with Gasteiger partial charge in [0.2, 0.25) is 0 Å². The Balaban J connectivity index is 0.000000853. The minimum atomic E-state index is 0. The Morgan fingerprint density at radius 2 is 1.80 bits per heavy atom. The van der Waals surface area contributed by atoms with Gasteiger partial charge in [0, 0.05) is 5.69 Å². The zero-order valence-corrected chi connectivity index (χ0v) is 11.2. The molecule has 1 nitrogen and oxygen atoms in total. The fourth-order valence-electron chi connectivity index (χ4n) is 1.88. The van der Waals surface area contributed by atoms with Crippen LogP contribution in [0.3, 0.4) is 0 Å². The maximum atomic E-state index is 3.42. The third-order valence-electron chi connectivity index (χ3n) is 2.62. The molecule has 1 N–H and O–H groups in total. The number of anilines is 2. The van der Waals surface area contributed by atoms with Gasteiger partial charge >= 0.3 is 32.7 Å². The second-order valence-electron chi connectivity index (χ2n) is 3.54. The first-order valence-electron chi connectivity index (χ1n) is 4.77. The molecule has 15 heavy (non-hydrogen) atoms. The third kappa shape index (κ3) is 1.99. The molecule has 0 bridgehead atoms. The second kappa shape index (κ2) is 4.46. The molecule has 0 atom stereocenters. The number of hydrogen-bond donors (Lipinski definition) is 1. The zero-order valence-electron chi connectivity index (χ0n) is 8.33. The summed E-state index contributed by atoms with van der Waals surface area (Å²) in [6, 6.07) is 17.6. The van der Waals surface area contributed by atoms with Crippen molar-refractivity contribution in [3.63, 3.8) is 0 Å². The van der Waals surface area contributed by atoms with E-state index in [0.29, 0.717) is 0 Å². The van der Waals surface area contributed by atoms with Crippen LogP contribution in [0, 0.1) is 6.07 Å². The Bertz CT molecular complexity index is 392. The van der Waals surface area contributed by atoms with Crippen LogP contribution in [0.15, 0.2) is 42.5 Å². The first-order chi connectivity index (χ1) is 6.93. The van der Waals surface area contributed by atoms with Gasteiger partial charge in [0.15, 0.2) is 0 Å². The summed E-state index contributed by atoms with van der Waals surface area (Å²) in [6.07, 6.45) is 1.01. The summed E-state index contributed by atoms with van der Waals surface area (Å²) in [5.41, 5.74) is 5.12. The SMILES string of the molecule is [Y+3].[c-]1ccc2c(c1)Cc1ccccc1N2. The Kier molecular flexibility index (Phi) is 3.23. The average Bonchev–Trinajstić information content (AvgIpc) is 2.26. The summed E-state index contributed by atoms with van der Waals surface area (Å²) in [6.45, 7) is 0. The van der Waals surface area contributed by atoms with Gasteiger partial charge in [-0.05, 0) is 18.1 Å². The Labute approximate surface area is 115 Å². The molecule has 0 amide bonds. The van der Waals surface area contributed by atoms with Crippen LogP contribution in [0.25, 0.3) is 0 Å². The molecule has 2 heteroatoms. The molecule has 0 spiro atoms. The van der Waals surface area contributed by atoms with Gasteiger partial charge < -0.3 is 5.32 Å². The minimum Gasteiger partial charge on any atom is -0.378 e. The van der Waals surface area contributed by atoms with E-state index in [4.69, 9.17) is 0 Å². The van der Waals surface area contributed by atoms with Crippen LogP contribution in [0.5, 0.6) is 0 Å². The van der Waals surface area contributed by atoms with Gasteiger partial charge in [-0.15, -0.1) is 11.6 Å². The van der Waals surface area contributed by atoms with Crippen molar-refractivity contribution in [3.05, 3.63) is 59.7 Å². The van der Waals surface area contributed by atoms with E-state index in [2.05, 4.69) is 47.8 Å². The van der Waals surface area contributed by atoms with Crippen LogP contribution < -0.4 is 5.32 Å². The van der Waals surface area contributed by atoms with Gasteiger partial charge in [0.05, 0.1) is 0 Å². The second-order valence-corrected chi connectivity index (χ2v) is 3.54. The Morgan fingerprint density at radius 1 is 1.00 bits per heavy atom. The first kappa shape index (κ1) is 10.8. The van der Waals surface area contributed by atoms with Crippen LogP contribution in [-0.4, -0.2) is 0 Å². The predicted octanol–water partition coefficient (Wildman–Crippen LogP) is 3.13. The molecule has 2 aromatic rings. The molecule has 1 aliphatic heterocycles. The van der Waals surface area contributed by atoms with Gasteiger partial charge in [-0.1, -0.05) is 23.9 Å². The van der Waals surface area contributed by atoms with Gasteiger partial charge in [-0.25, -0.2) is 0 Å². The van der Waals surface area contributed by atoms with Crippen molar-refractivity contribution in [3.8, 4) is 0 Å². The van der Waals surface area contributed by atoms with Gasteiger partial charge in [0.1, 0.15) is 0 Å². The van der Waals surface area contributed by atoms with E-state index >= 15 is 0 Å². The van der Waals surface area contributed by atoms with Crippen molar-refractivity contribution >= 4 is 11.4 Å². The van der Waals surface area contributed by atoms with Crippen molar-refractivity contribution in [2.75, 3.05) is 5.32 Å². The number of fused-ring (bicyclic) bond motifs is 2. The van der Waals surface area contributed by atoms with Crippen LogP contribution in [-0.2, 0) is 39.1 Å². The number of rotatable bonds is 0. The molecule has 1 heterocycles. The van der Waals surface area contributed by atoms with Gasteiger partial charge in [-0.2, -0.15) is 18.2 Å². The van der Waals surface area contributed by atoms with Crippen LogP contribution in [0.1, 0.15) is 11.1 Å². The van der Waals surface area contributed by atoms with Crippen molar-refractivity contribution in [2.24, 2.45) is 0 Å². The molecule has 68 valence electrons. The fraction of sp³-hybridized carbons (Fsp3) is 0.0769. The summed E-state index contributed by atoms with van der Waals surface area (Å²) < 4.78 is 0. The van der Waals surface area contributed by atoms with Crippen molar-refractivity contribution in [1.82, 2.24) is 0 Å². The molecular formula is C13H10NY+2. The summed E-state index contributed by atoms with van der Waals surface area (Å²) in [5, 5.41) is 3.42. The van der Waals surface area contributed by atoms with E-state index in [-0.39, 0.29) is 32.7 Å². The summed E-state index contributed by atoms with van der Waals surface area (Å²) >= 11 is 0. The first-order valence-corrected chi connectivity index (χ1v) is 4.77. The van der Waals surface area contributed by atoms with E-state index < -0.39 is 0 Å². The Hall–Kier alpha value is -0.656. The smallest absolute Gasteiger partial charge is 0.378 e. The summed E-state index contributed by atoms with van der Waals surface area (Å²) in [5.74, 6) is 0. The molecule has 0 radical (unpaired) electrons. The molecule has 2 aromatic carbocycles. The average molecular weight is 269 g/mol. The zero-order chi connectivity index (χ0) is 9.38. The molecule has 0 saturated heterocycles. The summed E-state index contributed by atoms with van der Waals surface area (Å²) in [4.78, 5) is 0. The quantitative estimate of drug-likeness (QED) is 0.618. The van der Waals surface area contributed by atoms with Crippen LogP contribution in [0.2, 0.25) is 0 Å². The van der Waals surface area contributed by atoms with Gasteiger partial charge in [0.25, 0.3) is 0 Å². The molecule has 0 unspecified atom stereocenters. The van der Waals surface area contributed by atoms with Crippen molar-refractivity contribution < 1.29 is 32.7 Å². The molecule has 1 aliphatic rings. The van der Waals surface area contributed by atoms with E-state index in [1.54, 1.807) is 0 Å². The van der Waals surface area contributed by atoms with Crippen LogP contribution >= 0.6 is 0 Å². The topological polar surface area (TPSA) is 12.0 Å². The number of para-hydroxylation sites is 1. The summed E-state index contributed by atoms with van der Waals surface area (Å²) in [7, 11) is 0. The molecule has 0 aromatic heterocycles. The van der Waals surface area contributed by atoms with E-state index in [0.717, 1.165) is 6.42 Å². The normalized spacial score (nSPS) is 11.7. The molecule has 0 fully saturated rings. The maximum Gasteiger partial charge on any atom is 3.00 e. The fourth-order valence-corrected chi connectivity index (χ4v) is 1.88. The minimum absolute atomic E-state index is 0. The Morgan fingerprint density at radius 3 is 2.73 bits per heavy atom. The van der Waals surface area contributed by atoms with E-state index in [9.17, 15) is 0 Å². The van der Waals surface area contributed by atoms with Crippen molar-refractivity contribution in [2.45, 2.75) is 6.42 Å². The molecular weight excluding hydrogens is 259 g/mol. The third-order valence-corrected chi connectivity index (χ3v) is 2.62. The van der Waals surface area contributed by atoms with Crippen LogP contribution in [0.4, 0.5) is 11.4 Å². The molecule has 3 rings (SSSR count). The monoisotopic (exact) mass is 269 g/mol. The van der Waals surface area contributed by atoms with E-state index in [1.807, 2.05) is 6.07 Å². The van der Waals surface area contributed by atoms with Gasteiger partial charge in [-0.3, -0.25) is 0 Å². The number of benzene rings is 2. The maximum absolute atomic E-state index is 3.42. The number of nitrogens with one attached hydrogen (secondary N) is 1.